The van der Waals surface area contributed by atoms with Crippen LogP contribution in [0.3, 0.4) is 0 Å². The van der Waals surface area contributed by atoms with Crippen molar-refractivity contribution in [2.24, 2.45) is 5.41 Å². The second kappa shape index (κ2) is 6.51. The van der Waals surface area contributed by atoms with Gasteiger partial charge in [0, 0.05) is 13.2 Å². The number of halogens is 3. The molecule has 1 aliphatic carbocycles. The van der Waals surface area contributed by atoms with Crippen molar-refractivity contribution in [3.8, 4) is 0 Å². The lowest BCUT2D eigenvalue weighted by atomic mass is 9.67. The summed E-state index contributed by atoms with van der Waals surface area (Å²) in [6.45, 7) is 0.513. The van der Waals surface area contributed by atoms with Gasteiger partial charge in [-0.1, -0.05) is 6.42 Å². The molecule has 5 nitrogen and oxygen atoms in total. The maximum atomic E-state index is 12.4. The van der Waals surface area contributed by atoms with Gasteiger partial charge in [-0.15, -0.1) is 0 Å². The second-order valence-electron chi connectivity index (χ2n) is 5.56. The van der Waals surface area contributed by atoms with E-state index in [2.05, 4.69) is 15.6 Å². The summed E-state index contributed by atoms with van der Waals surface area (Å²) < 4.78 is 37.1. The summed E-state index contributed by atoms with van der Waals surface area (Å²) >= 11 is 0. The first-order chi connectivity index (χ1) is 10.3. The standard InChI is InChI=1S/C14H18F3N3O2/c15-14(16,17)11-3-2-10(8-18-11)20-12(22)19-9-13(6-7-21)4-1-5-13/h2-3,8,21H,1,4-7,9H2,(H2,19,20,22). The molecule has 8 heteroatoms. The predicted octanol–water partition coefficient (Wildman–Crippen LogP) is 2.77. The molecule has 2 rings (SSSR count). The van der Waals surface area contributed by atoms with Crippen LogP contribution in [-0.4, -0.2) is 29.3 Å². The number of alkyl halides is 3. The van der Waals surface area contributed by atoms with E-state index in [-0.39, 0.29) is 17.7 Å². The summed E-state index contributed by atoms with van der Waals surface area (Å²) in [7, 11) is 0. The largest absolute Gasteiger partial charge is 0.433 e. The molecular weight excluding hydrogens is 299 g/mol. The average Bonchev–Trinajstić information content (AvgIpc) is 2.41. The van der Waals surface area contributed by atoms with Crippen LogP contribution in [-0.2, 0) is 6.18 Å². The van der Waals surface area contributed by atoms with Crippen molar-refractivity contribution in [2.75, 3.05) is 18.5 Å². The molecule has 3 N–H and O–H groups in total. The molecule has 1 heterocycles. The molecule has 0 radical (unpaired) electrons. The molecule has 1 saturated carbocycles. The summed E-state index contributed by atoms with van der Waals surface area (Å²) in [6, 6.07) is 1.47. The van der Waals surface area contributed by atoms with E-state index in [9.17, 15) is 18.0 Å². The van der Waals surface area contributed by atoms with Gasteiger partial charge < -0.3 is 15.7 Å². The van der Waals surface area contributed by atoms with Crippen molar-refractivity contribution in [3.05, 3.63) is 24.0 Å². The summed E-state index contributed by atoms with van der Waals surface area (Å²) in [5, 5.41) is 14.2. The number of aliphatic hydroxyl groups is 1. The van der Waals surface area contributed by atoms with E-state index >= 15 is 0 Å². The first-order valence-electron chi connectivity index (χ1n) is 7.04. The number of pyridine rings is 1. The lowest BCUT2D eigenvalue weighted by Gasteiger charge is -2.41. The normalized spacial score (nSPS) is 16.7. The number of carbonyl (C=O) groups is 1. The molecule has 0 aliphatic heterocycles. The van der Waals surface area contributed by atoms with E-state index < -0.39 is 17.9 Å². The first kappa shape index (κ1) is 16.5. The summed E-state index contributed by atoms with van der Waals surface area (Å²) in [5.41, 5.74) is -0.866. The summed E-state index contributed by atoms with van der Waals surface area (Å²) in [5.74, 6) is 0. The van der Waals surface area contributed by atoms with Crippen LogP contribution in [0.25, 0.3) is 0 Å². The van der Waals surface area contributed by atoms with Gasteiger partial charge in [-0.05, 0) is 36.8 Å². The second-order valence-corrected chi connectivity index (χ2v) is 5.56. The van der Waals surface area contributed by atoms with E-state index in [1.54, 1.807) is 0 Å². The molecule has 122 valence electrons. The van der Waals surface area contributed by atoms with Crippen LogP contribution in [0.15, 0.2) is 18.3 Å². The van der Waals surface area contributed by atoms with Gasteiger partial charge in [0.15, 0.2) is 0 Å². The zero-order valence-electron chi connectivity index (χ0n) is 11.9. The number of aromatic nitrogens is 1. The Hall–Kier alpha value is -1.83. The molecule has 0 aromatic carbocycles. The minimum atomic E-state index is -4.50. The SMILES string of the molecule is O=C(NCC1(CCO)CCC1)Nc1ccc(C(F)(F)F)nc1. The van der Waals surface area contributed by atoms with Crippen LogP contribution in [0.5, 0.6) is 0 Å². The van der Waals surface area contributed by atoms with Crippen LogP contribution >= 0.6 is 0 Å². The Kier molecular flexibility index (Phi) is 4.90. The molecular formula is C14H18F3N3O2. The minimum Gasteiger partial charge on any atom is -0.396 e. The minimum absolute atomic E-state index is 0.0511. The fourth-order valence-corrected chi connectivity index (χ4v) is 2.51. The zero-order chi connectivity index (χ0) is 16.2. The maximum absolute atomic E-state index is 12.4. The Labute approximate surface area is 125 Å². The number of hydrogen-bond donors (Lipinski definition) is 3. The van der Waals surface area contributed by atoms with Gasteiger partial charge in [-0.2, -0.15) is 13.2 Å². The summed E-state index contributed by atoms with van der Waals surface area (Å²) in [4.78, 5) is 15.0. The molecule has 1 aromatic heterocycles. The average molecular weight is 317 g/mol. The number of anilines is 1. The van der Waals surface area contributed by atoms with Crippen molar-refractivity contribution < 1.29 is 23.1 Å². The molecule has 0 saturated heterocycles. The first-order valence-corrected chi connectivity index (χ1v) is 7.04. The van der Waals surface area contributed by atoms with Gasteiger partial charge in [-0.25, -0.2) is 9.78 Å². The number of carbonyl (C=O) groups excluding carboxylic acids is 1. The van der Waals surface area contributed by atoms with Crippen LogP contribution < -0.4 is 10.6 Å². The molecule has 1 fully saturated rings. The van der Waals surface area contributed by atoms with Crippen LogP contribution in [0.4, 0.5) is 23.7 Å². The highest BCUT2D eigenvalue weighted by Gasteiger charge is 2.36. The van der Waals surface area contributed by atoms with Crippen molar-refractivity contribution in [2.45, 2.75) is 31.9 Å². The lowest BCUT2D eigenvalue weighted by molar-refractivity contribution is -0.141. The summed E-state index contributed by atoms with van der Waals surface area (Å²) in [6.07, 6.45) is 0.0868. The molecule has 0 atom stereocenters. The number of aliphatic hydroxyl groups excluding tert-OH is 1. The Bertz CT molecular complexity index is 513. The Morgan fingerprint density at radius 2 is 2.09 bits per heavy atom. The Balaban J connectivity index is 1.84. The van der Waals surface area contributed by atoms with Gasteiger partial charge in [-0.3, -0.25) is 0 Å². The topological polar surface area (TPSA) is 74.2 Å². The molecule has 22 heavy (non-hydrogen) atoms. The van der Waals surface area contributed by atoms with Crippen molar-refractivity contribution in [1.82, 2.24) is 10.3 Å². The van der Waals surface area contributed by atoms with E-state index in [1.165, 1.54) is 0 Å². The third kappa shape index (κ3) is 4.09. The molecule has 0 spiro atoms. The molecule has 1 aliphatic rings. The number of nitrogens with one attached hydrogen (secondary N) is 2. The molecule has 1 aromatic rings. The highest BCUT2D eigenvalue weighted by atomic mass is 19.4. The maximum Gasteiger partial charge on any atom is 0.433 e. The van der Waals surface area contributed by atoms with Gasteiger partial charge >= 0.3 is 12.2 Å². The van der Waals surface area contributed by atoms with Gasteiger partial charge in [0.1, 0.15) is 5.69 Å². The number of rotatable bonds is 5. The fourth-order valence-electron chi connectivity index (χ4n) is 2.51. The Morgan fingerprint density at radius 1 is 1.36 bits per heavy atom. The zero-order valence-corrected chi connectivity index (χ0v) is 11.9. The lowest BCUT2D eigenvalue weighted by Crippen LogP contribution is -2.44. The number of urea groups is 1. The third-order valence-electron chi connectivity index (χ3n) is 3.99. The highest BCUT2D eigenvalue weighted by molar-refractivity contribution is 5.89. The molecule has 2 amide bonds. The van der Waals surface area contributed by atoms with Crippen molar-refractivity contribution >= 4 is 11.7 Å². The number of amides is 2. The van der Waals surface area contributed by atoms with Gasteiger partial charge in [0.25, 0.3) is 0 Å². The van der Waals surface area contributed by atoms with Gasteiger partial charge in [0.2, 0.25) is 0 Å². The van der Waals surface area contributed by atoms with E-state index in [0.717, 1.165) is 37.6 Å². The molecule has 0 unspecified atom stereocenters. The van der Waals surface area contributed by atoms with Crippen LogP contribution in [0.2, 0.25) is 0 Å². The number of nitrogens with zero attached hydrogens (tertiary/aromatic N) is 1. The van der Waals surface area contributed by atoms with Crippen LogP contribution in [0.1, 0.15) is 31.4 Å². The van der Waals surface area contributed by atoms with Gasteiger partial charge in [0.05, 0.1) is 11.9 Å². The Morgan fingerprint density at radius 3 is 2.55 bits per heavy atom. The third-order valence-corrected chi connectivity index (χ3v) is 3.99. The predicted molar refractivity (Wildman–Crippen MR) is 74.2 cm³/mol. The molecule has 0 bridgehead atoms. The van der Waals surface area contributed by atoms with Crippen molar-refractivity contribution in [3.63, 3.8) is 0 Å². The quantitative estimate of drug-likeness (QED) is 0.782. The fraction of sp³-hybridized carbons (Fsp3) is 0.571. The van der Waals surface area contributed by atoms with E-state index in [1.807, 2.05) is 0 Å². The van der Waals surface area contributed by atoms with Crippen molar-refractivity contribution in [1.29, 1.82) is 0 Å². The monoisotopic (exact) mass is 317 g/mol. The smallest absolute Gasteiger partial charge is 0.396 e. The van der Waals surface area contributed by atoms with Crippen LogP contribution in [0, 0.1) is 5.41 Å². The highest BCUT2D eigenvalue weighted by Crippen LogP contribution is 2.43. The number of hydrogen-bond acceptors (Lipinski definition) is 3. The van der Waals surface area contributed by atoms with E-state index in [0.29, 0.717) is 13.0 Å². The van der Waals surface area contributed by atoms with E-state index in [4.69, 9.17) is 5.11 Å².